The second kappa shape index (κ2) is 9.93. The van der Waals surface area contributed by atoms with Gasteiger partial charge in [0.15, 0.2) is 0 Å². The number of aliphatic hydroxyl groups excluding tert-OH is 1. The topological polar surface area (TPSA) is 95.4 Å². The smallest absolute Gasteiger partial charge is 0.266 e. The van der Waals surface area contributed by atoms with Crippen LogP contribution >= 0.6 is 11.3 Å². The van der Waals surface area contributed by atoms with E-state index in [0.717, 1.165) is 16.0 Å². The third kappa shape index (κ3) is 4.80. The number of benzene rings is 2. The maximum atomic E-state index is 13.7. The summed E-state index contributed by atoms with van der Waals surface area (Å²) in [5.41, 5.74) is 2.69. The van der Waals surface area contributed by atoms with Crippen LogP contribution in [-0.4, -0.2) is 57.0 Å². The largest absolute Gasteiger partial charge is 0.393 e. The lowest BCUT2D eigenvalue weighted by molar-refractivity contribution is 0.0323. The van der Waals surface area contributed by atoms with Crippen molar-refractivity contribution in [2.75, 3.05) is 13.1 Å². The summed E-state index contributed by atoms with van der Waals surface area (Å²) in [4.78, 5) is 38.1. The third-order valence-electron chi connectivity index (χ3n) is 6.30. The molecule has 35 heavy (non-hydrogen) atoms. The molecular weight excluding hydrogens is 460 g/mol. The van der Waals surface area contributed by atoms with Crippen LogP contribution in [0.1, 0.15) is 37.9 Å². The number of rotatable bonds is 5. The van der Waals surface area contributed by atoms with Gasteiger partial charge in [-0.2, -0.15) is 0 Å². The average Bonchev–Trinajstić information content (AvgIpc) is 3.28. The molecule has 1 fully saturated rings. The zero-order valence-electron chi connectivity index (χ0n) is 19.3. The number of carbonyl (C=O) groups excluding carboxylic acids is 2. The Morgan fingerprint density at radius 2 is 1.91 bits per heavy atom. The summed E-state index contributed by atoms with van der Waals surface area (Å²) in [5, 5.41) is 15.0. The Kier molecular flexibility index (Phi) is 6.57. The summed E-state index contributed by atoms with van der Waals surface area (Å²) >= 11 is 1.38. The number of aryl methyl sites for hydroxylation is 1. The van der Waals surface area contributed by atoms with E-state index in [-0.39, 0.29) is 24.4 Å². The van der Waals surface area contributed by atoms with E-state index in [1.54, 1.807) is 17.2 Å². The summed E-state index contributed by atoms with van der Waals surface area (Å²) in [5.74, 6) is -0.368. The summed E-state index contributed by atoms with van der Waals surface area (Å²) in [7, 11) is 0. The van der Waals surface area contributed by atoms with Crippen molar-refractivity contribution in [3.8, 4) is 11.3 Å². The second-order valence-electron chi connectivity index (χ2n) is 8.70. The van der Waals surface area contributed by atoms with Crippen LogP contribution in [0.2, 0.25) is 0 Å². The first-order valence-electron chi connectivity index (χ1n) is 11.6. The highest BCUT2D eigenvalue weighted by Gasteiger charge is 2.34. The Hall–Kier alpha value is -3.62. The van der Waals surface area contributed by atoms with Crippen LogP contribution in [0.3, 0.4) is 0 Å². The zero-order valence-corrected chi connectivity index (χ0v) is 20.2. The molecule has 0 saturated carbocycles. The Balaban J connectivity index is 1.37. The number of piperidine rings is 1. The fraction of sp³-hybridized carbons (Fsp3) is 0.259. The molecule has 2 amide bonds. The Bertz CT molecular complexity index is 1370. The minimum atomic E-state index is -0.517. The molecule has 7 nitrogen and oxygen atoms in total. The molecule has 0 radical (unpaired) electrons. The van der Waals surface area contributed by atoms with Gasteiger partial charge < -0.3 is 15.3 Å². The van der Waals surface area contributed by atoms with Crippen molar-refractivity contribution < 1.29 is 14.7 Å². The highest BCUT2D eigenvalue weighted by Crippen LogP contribution is 2.31. The molecular formula is C27H26N4O3S. The van der Waals surface area contributed by atoms with E-state index in [0.29, 0.717) is 41.0 Å². The van der Waals surface area contributed by atoms with E-state index in [4.69, 9.17) is 0 Å². The van der Waals surface area contributed by atoms with Gasteiger partial charge in [-0.1, -0.05) is 48.5 Å². The molecule has 0 bridgehead atoms. The molecule has 4 aromatic rings. The number of nitrogens with zero attached hydrogens (tertiary/aromatic N) is 3. The van der Waals surface area contributed by atoms with E-state index >= 15 is 0 Å². The van der Waals surface area contributed by atoms with E-state index in [1.165, 1.54) is 11.3 Å². The van der Waals surface area contributed by atoms with Crippen LogP contribution in [0, 0.1) is 6.92 Å². The maximum Gasteiger partial charge on any atom is 0.266 e. The van der Waals surface area contributed by atoms with Crippen molar-refractivity contribution in [3.63, 3.8) is 0 Å². The lowest BCUT2D eigenvalue weighted by Gasteiger charge is -2.38. The van der Waals surface area contributed by atoms with Gasteiger partial charge in [0, 0.05) is 30.2 Å². The van der Waals surface area contributed by atoms with Crippen LogP contribution in [0.25, 0.3) is 22.2 Å². The number of nitrogens with one attached hydrogen (secondary N) is 1. The van der Waals surface area contributed by atoms with Crippen molar-refractivity contribution in [1.82, 2.24) is 20.2 Å². The van der Waals surface area contributed by atoms with Crippen molar-refractivity contribution in [3.05, 3.63) is 82.3 Å². The maximum absolute atomic E-state index is 13.7. The standard InChI is InChI=1S/C27H26N4O3S/c1-17-30-24(19-7-3-2-4-8-19)25(35-17)27(34)31-14-12-21(32)15-20(31)16-29-26(33)22-11-5-9-18-10-6-13-28-23(18)22/h2-11,13,20-21,32H,12,14-16H2,1H3,(H,29,33). The quantitative estimate of drug-likeness (QED) is 0.444. The monoisotopic (exact) mass is 486 g/mol. The summed E-state index contributed by atoms with van der Waals surface area (Å²) < 4.78 is 0. The van der Waals surface area contributed by atoms with Crippen LogP contribution in [-0.2, 0) is 0 Å². The van der Waals surface area contributed by atoms with Gasteiger partial charge in [0.05, 0.1) is 33.9 Å². The number of fused-ring (bicyclic) bond motifs is 1. The van der Waals surface area contributed by atoms with E-state index < -0.39 is 6.10 Å². The fourth-order valence-corrected chi connectivity index (χ4v) is 5.48. The predicted molar refractivity (Wildman–Crippen MR) is 136 cm³/mol. The first kappa shape index (κ1) is 23.1. The second-order valence-corrected chi connectivity index (χ2v) is 9.90. The molecule has 0 aliphatic carbocycles. The number of aliphatic hydroxyl groups is 1. The highest BCUT2D eigenvalue weighted by atomic mass is 32.1. The number of amides is 2. The van der Waals surface area contributed by atoms with Gasteiger partial charge in [-0.05, 0) is 31.9 Å². The molecule has 2 unspecified atom stereocenters. The number of hydrogen-bond donors (Lipinski definition) is 2. The molecule has 2 aromatic heterocycles. The van der Waals surface area contributed by atoms with E-state index in [2.05, 4.69) is 15.3 Å². The molecule has 2 N–H and O–H groups in total. The molecule has 178 valence electrons. The SMILES string of the molecule is Cc1nc(-c2ccccc2)c(C(=O)N2CCC(O)CC2CNC(=O)c2cccc3cccnc23)s1. The number of hydrogen-bond acceptors (Lipinski definition) is 6. The molecule has 1 aliphatic rings. The zero-order chi connectivity index (χ0) is 24.4. The average molecular weight is 487 g/mol. The third-order valence-corrected chi connectivity index (χ3v) is 7.26. The van der Waals surface area contributed by atoms with Gasteiger partial charge >= 0.3 is 0 Å². The molecule has 3 heterocycles. The van der Waals surface area contributed by atoms with Crippen LogP contribution in [0.4, 0.5) is 0 Å². The molecule has 8 heteroatoms. The molecule has 5 rings (SSSR count). The Labute approximate surface area is 207 Å². The number of thiazole rings is 1. The van der Waals surface area contributed by atoms with Gasteiger partial charge in [-0.15, -0.1) is 11.3 Å². The number of pyridine rings is 1. The first-order chi connectivity index (χ1) is 17.0. The normalized spacial score (nSPS) is 17.9. The minimum Gasteiger partial charge on any atom is -0.393 e. The van der Waals surface area contributed by atoms with Crippen molar-refractivity contribution in [2.24, 2.45) is 0 Å². The minimum absolute atomic E-state index is 0.118. The summed E-state index contributed by atoms with van der Waals surface area (Å²) in [6, 6.07) is 18.6. The van der Waals surface area contributed by atoms with E-state index in [1.807, 2.05) is 61.5 Å². The molecule has 2 aromatic carbocycles. The van der Waals surface area contributed by atoms with Gasteiger partial charge in [-0.3, -0.25) is 14.6 Å². The Morgan fingerprint density at radius 3 is 2.74 bits per heavy atom. The van der Waals surface area contributed by atoms with Gasteiger partial charge in [0.1, 0.15) is 4.88 Å². The van der Waals surface area contributed by atoms with Crippen molar-refractivity contribution in [1.29, 1.82) is 0 Å². The van der Waals surface area contributed by atoms with Gasteiger partial charge in [-0.25, -0.2) is 4.98 Å². The van der Waals surface area contributed by atoms with Gasteiger partial charge in [0.2, 0.25) is 0 Å². The number of aromatic nitrogens is 2. The molecule has 1 saturated heterocycles. The first-order valence-corrected chi connectivity index (χ1v) is 12.5. The predicted octanol–water partition coefficient (Wildman–Crippen LogP) is 4.06. The van der Waals surface area contributed by atoms with Gasteiger partial charge in [0.25, 0.3) is 11.8 Å². The highest BCUT2D eigenvalue weighted by molar-refractivity contribution is 7.14. The number of para-hydroxylation sites is 1. The number of likely N-dealkylation sites (tertiary alicyclic amines) is 1. The Morgan fingerprint density at radius 1 is 1.11 bits per heavy atom. The molecule has 2 atom stereocenters. The van der Waals surface area contributed by atoms with Crippen molar-refractivity contribution in [2.45, 2.75) is 31.9 Å². The van der Waals surface area contributed by atoms with Crippen LogP contribution in [0.5, 0.6) is 0 Å². The van der Waals surface area contributed by atoms with E-state index in [9.17, 15) is 14.7 Å². The molecule has 1 aliphatic heterocycles. The van der Waals surface area contributed by atoms with Crippen molar-refractivity contribution >= 4 is 34.1 Å². The molecule has 0 spiro atoms. The lowest BCUT2D eigenvalue weighted by Crippen LogP contribution is -2.52. The number of carbonyl (C=O) groups is 2. The fourth-order valence-electron chi connectivity index (χ4n) is 4.58. The van der Waals surface area contributed by atoms with Crippen LogP contribution in [0.15, 0.2) is 66.9 Å². The lowest BCUT2D eigenvalue weighted by atomic mass is 9.98. The summed E-state index contributed by atoms with van der Waals surface area (Å²) in [6.07, 6.45) is 2.05. The van der Waals surface area contributed by atoms with Crippen LogP contribution < -0.4 is 5.32 Å². The summed E-state index contributed by atoms with van der Waals surface area (Å²) in [6.45, 7) is 2.55.